The highest BCUT2D eigenvalue weighted by Gasteiger charge is 2.15. The van der Waals surface area contributed by atoms with Crippen LogP contribution in [-0.2, 0) is 10.0 Å². The molecule has 5 nitrogen and oxygen atoms in total. The van der Waals surface area contributed by atoms with E-state index in [1.54, 1.807) is 0 Å². The average molecular weight is 311 g/mol. The first-order valence-corrected chi connectivity index (χ1v) is 7.32. The normalized spacial score (nSPS) is 11.1. The molecule has 8 heteroatoms. The van der Waals surface area contributed by atoms with E-state index in [2.05, 4.69) is 9.71 Å². The predicted molar refractivity (Wildman–Crippen MR) is 77.3 cm³/mol. The van der Waals surface area contributed by atoms with Gasteiger partial charge in [-0.25, -0.2) is 12.8 Å². The number of nitrogens with zero attached hydrogens (tertiary/aromatic N) is 1. The van der Waals surface area contributed by atoms with Crippen LogP contribution in [0.3, 0.4) is 0 Å². The summed E-state index contributed by atoms with van der Waals surface area (Å²) in [4.78, 5) is 3.85. The molecule has 2 aromatic rings. The van der Waals surface area contributed by atoms with Gasteiger partial charge in [0.15, 0.2) is 0 Å². The molecular formula is C12H10FN3O2S2. The fourth-order valence-electron chi connectivity index (χ4n) is 1.45. The Morgan fingerprint density at radius 1 is 1.30 bits per heavy atom. The van der Waals surface area contributed by atoms with Gasteiger partial charge < -0.3 is 5.73 Å². The molecule has 1 heterocycles. The highest BCUT2D eigenvalue weighted by molar-refractivity contribution is 7.92. The van der Waals surface area contributed by atoms with E-state index in [1.807, 2.05) is 0 Å². The van der Waals surface area contributed by atoms with E-state index in [4.69, 9.17) is 18.0 Å². The minimum Gasteiger partial charge on any atom is -0.388 e. The van der Waals surface area contributed by atoms with Gasteiger partial charge in [0.2, 0.25) is 0 Å². The monoisotopic (exact) mass is 311 g/mol. The molecule has 104 valence electrons. The van der Waals surface area contributed by atoms with Crippen LogP contribution in [0, 0.1) is 5.82 Å². The maximum absolute atomic E-state index is 13.0. The van der Waals surface area contributed by atoms with Crippen LogP contribution in [-0.4, -0.2) is 18.4 Å². The molecule has 0 saturated heterocycles. The van der Waals surface area contributed by atoms with Gasteiger partial charge in [0.1, 0.15) is 15.7 Å². The molecule has 1 aromatic carbocycles. The molecule has 3 N–H and O–H groups in total. The first kappa shape index (κ1) is 14.4. The van der Waals surface area contributed by atoms with E-state index < -0.39 is 15.8 Å². The first-order chi connectivity index (χ1) is 9.38. The quantitative estimate of drug-likeness (QED) is 0.839. The number of hydrogen-bond donors (Lipinski definition) is 2. The number of halogens is 1. The fourth-order valence-corrected chi connectivity index (χ4v) is 2.57. The molecule has 0 radical (unpaired) electrons. The van der Waals surface area contributed by atoms with Gasteiger partial charge in [-0.15, -0.1) is 0 Å². The van der Waals surface area contributed by atoms with Crippen molar-refractivity contribution in [1.82, 2.24) is 4.98 Å². The first-order valence-electron chi connectivity index (χ1n) is 5.43. The van der Waals surface area contributed by atoms with Gasteiger partial charge in [0, 0.05) is 6.20 Å². The molecule has 0 aliphatic rings. The molecule has 2 rings (SSSR count). The third-order valence-corrected chi connectivity index (χ3v) is 3.95. The van der Waals surface area contributed by atoms with E-state index >= 15 is 0 Å². The van der Waals surface area contributed by atoms with Gasteiger partial charge in [-0.3, -0.25) is 9.71 Å². The van der Waals surface area contributed by atoms with Crippen LogP contribution in [0.4, 0.5) is 10.1 Å². The van der Waals surface area contributed by atoms with Crippen LogP contribution in [0.2, 0.25) is 0 Å². The number of nitrogens with two attached hydrogens (primary N) is 1. The van der Waals surface area contributed by atoms with Gasteiger partial charge in [-0.05, 0) is 30.3 Å². The number of sulfonamides is 1. The Morgan fingerprint density at radius 3 is 2.60 bits per heavy atom. The van der Waals surface area contributed by atoms with Crippen LogP contribution in [0.25, 0.3) is 0 Å². The molecule has 1 aromatic heterocycles. The predicted octanol–water partition coefficient (Wildman–Crippen LogP) is 1.66. The topological polar surface area (TPSA) is 85.1 Å². The zero-order valence-electron chi connectivity index (χ0n) is 10.1. The third kappa shape index (κ3) is 3.28. The summed E-state index contributed by atoms with van der Waals surface area (Å²) in [6.45, 7) is 0. The molecule has 0 spiro atoms. The Hall–Kier alpha value is -2.06. The molecule has 0 atom stereocenters. The Labute approximate surface area is 120 Å². The smallest absolute Gasteiger partial charge is 0.263 e. The van der Waals surface area contributed by atoms with Crippen molar-refractivity contribution in [2.45, 2.75) is 4.90 Å². The number of pyridine rings is 1. The van der Waals surface area contributed by atoms with Crippen LogP contribution in [0.5, 0.6) is 0 Å². The largest absolute Gasteiger partial charge is 0.388 e. The number of aromatic nitrogens is 1. The Kier molecular flexibility index (Phi) is 3.96. The van der Waals surface area contributed by atoms with Gasteiger partial charge >= 0.3 is 0 Å². The maximum Gasteiger partial charge on any atom is 0.263 e. The fraction of sp³-hybridized carbons (Fsp3) is 0. The minimum absolute atomic E-state index is 0.0678. The van der Waals surface area contributed by atoms with Crippen molar-refractivity contribution in [2.24, 2.45) is 5.73 Å². The van der Waals surface area contributed by atoms with Crippen molar-refractivity contribution < 1.29 is 12.8 Å². The Morgan fingerprint density at radius 2 is 2.05 bits per heavy atom. The molecule has 0 fully saturated rings. The summed E-state index contributed by atoms with van der Waals surface area (Å²) in [6, 6.07) is 7.87. The second kappa shape index (κ2) is 5.51. The molecule has 0 aliphatic heterocycles. The average Bonchev–Trinajstić information content (AvgIpc) is 2.38. The maximum atomic E-state index is 13.0. The standard InChI is InChI=1S/C12H10FN3O2S2/c13-8-2-1-3-9(6-8)16-20(17,18)10-4-5-11(12(14)19)15-7-10/h1-7,16H,(H2,14,19). The number of thiocarbonyl (C=S) groups is 1. The SMILES string of the molecule is NC(=S)c1ccc(S(=O)(=O)Nc2cccc(F)c2)cn1. The van der Waals surface area contributed by atoms with E-state index in [1.165, 1.54) is 30.3 Å². The van der Waals surface area contributed by atoms with Crippen molar-refractivity contribution in [1.29, 1.82) is 0 Å². The summed E-state index contributed by atoms with van der Waals surface area (Å²) in [5.74, 6) is -0.535. The molecule has 0 saturated carbocycles. The van der Waals surface area contributed by atoms with E-state index in [0.29, 0.717) is 5.69 Å². The van der Waals surface area contributed by atoms with Crippen molar-refractivity contribution >= 4 is 32.9 Å². The molecule has 0 amide bonds. The van der Waals surface area contributed by atoms with Crippen LogP contribution in [0.1, 0.15) is 5.69 Å². The van der Waals surface area contributed by atoms with Crippen LogP contribution in [0.15, 0.2) is 47.5 Å². The molecule has 0 aliphatic carbocycles. The van der Waals surface area contributed by atoms with E-state index in [9.17, 15) is 12.8 Å². The van der Waals surface area contributed by atoms with Gasteiger partial charge in [-0.1, -0.05) is 18.3 Å². The number of nitrogens with one attached hydrogen (secondary N) is 1. The van der Waals surface area contributed by atoms with Crippen molar-refractivity contribution in [3.63, 3.8) is 0 Å². The van der Waals surface area contributed by atoms with Gasteiger partial charge in [-0.2, -0.15) is 0 Å². The zero-order valence-corrected chi connectivity index (χ0v) is 11.7. The second-order valence-corrected chi connectivity index (χ2v) is 5.98. The summed E-state index contributed by atoms with van der Waals surface area (Å²) < 4.78 is 39.4. The Balaban J connectivity index is 2.28. The van der Waals surface area contributed by atoms with E-state index in [-0.39, 0.29) is 15.6 Å². The van der Waals surface area contributed by atoms with Gasteiger partial charge in [0.05, 0.1) is 11.4 Å². The molecule has 0 unspecified atom stereocenters. The second-order valence-electron chi connectivity index (χ2n) is 3.86. The summed E-state index contributed by atoms with van der Waals surface area (Å²) >= 11 is 4.73. The number of rotatable bonds is 4. The van der Waals surface area contributed by atoms with Crippen LogP contribution < -0.4 is 10.5 Å². The Bertz CT molecular complexity index is 746. The van der Waals surface area contributed by atoms with E-state index in [0.717, 1.165) is 12.3 Å². The highest BCUT2D eigenvalue weighted by atomic mass is 32.2. The lowest BCUT2D eigenvalue weighted by Crippen LogP contribution is -2.15. The molecule has 20 heavy (non-hydrogen) atoms. The number of benzene rings is 1. The summed E-state index contributed by atoms with van der Waals surface area (Å²) in [5, 5.41) is 0. The van der Waals surface area contributed by atoms with Gasteiger partial charge in [0.25, 0.3) is 10.0 Å². The third-order valence-electron chi connectivity index (χ3n) is 2.38. The lowest BCUT2D eigenvalue weighted by Gasteiger charge is -2.08. The summed E-state index contributed by atoms with van der Waals surface area (Å²) in [7, 11) is -3.84. The zero-order chi connectivity index (χ0) is 14.8. The van der Waals surface area contributed by atoms with Crippen molar-refractivity contribution in [3.05, 3.63) is 54.1 Å². The summed E-state index contributed by atoms with van der Waals surface area (Å²) in [5.41, 5.74) is 5.83. The van der Waals surface area contributed by atoms with Crippen molar-refractivity contribution in [2.75, 3.05) is 4.72 Å². The minimum atomic E-state index is -3.84. The summed E-state index contributed by atoms with van der Waals surface area (Å²) in [6.07, 6.45) is 1.14. The number of anilines is 1. The molecular weight excluding hydrogens is 301 g/mol. The lowest BCUT2D eigenvalue weighted by atomic mass is 10.3. The van der Waals surface area contributed by atoms with Crippen LogP contribution >= 0.6 is 12.2 Å². The molecule has 0 bridgehead atoms. The van der Waals surface area contributed by atoms with Crippen molar-refractivity contribution in [3.8, 4) is 0 Å². The highest BCUT2D eigenvalue weighted by Crippen LogP contribution is 2.16. The lowest BCUT2D eigenvalue weighted by molar-refractivity contribution is 0.600. The number of hydrogen-bond acceptors (Lipinski definition) is 4.